The molecule has 2 rings (SSSR count). The van der Waals surface area contributed by atoms with Gasteiger partial charge in [-0.05, 0) is 32.2 Å². The summed E-state index contributed by atoms with van der Waals surface area (Å²) in [6, 6.07) is 0. The maximum Gasteiger partial charge on any atom is 0.260 e. The fourth-order valence-electron chi connectivity index (χ4n) is 2.37. The minimum absolute atomic E-state index is 0.0951. The van der Waals surface area contributed by atoms with E-state index in [-0.39, 0.29) is 10.9 Å². The highest BCUT2D eigenvalue weighted by Crippen LogP contribution is 2.17. The predicted octanol–water partition coefficient (Wildman–Crippen LogP) is 0.533. The first-order valence-electron chi connectivity index (χ1n) is 7.36. The Bertz CT molecular complexity index is 550. The van der Waals surface area contributed by atoms with E-state index in [0.29, 0.717) is 25.3 Å². The van der Waals surface area contributed by atoms with Crippen LogP contribution in [0, 0.1) is 12.8 Å². The molecule has 0 bridgehead atoms. The zero-order valence-electron chi connectivity index (χ0n) is 12.6. The molecule has 0 spiro atoms. The molecule has 0 aliphatic carbocycles. The molecule has 7 nitrogen and oxygen atoms in total. The van der Waals surface area contributed by atoms with E-state index in [4.69, 9.17) is 4.74 Å². The Morgan fingerprint density at radius 3 is 2.95 bits per heavy atom. The van der Waals surface area contributed by atoms with E-state index >= 15 is 0 Å². The van der Waals surface area contributed by atoms with Crippen LogP contribution in [0.5, 0.6) is 0 Å². The SMILES string of the molecule is CCNCc1c(S(=O)(=O)NCC2CCCOC2)n[nH]c1C. The number of nitrogens with one attached hydrogen (secondary N) is 3. The molecule has 1 saturated heterocycles. The molecule has 1 unspecified atom stereocenters. The van der Waals surface area contributed by atoms with Crippen molar-refractivity contribution in [1.82, 2.24) is 20.2 Å². The number of hydrogen-bond donors (Lipinski definition) is 3. The maximum absolute atomic E-state index is 12.4. The molecule has 1 aromatic rings. The summed E-state index contributed by atoms with van der Waals surface area (Å²) in [5.74, 6) is 0.241. The van der Waals surface area contributed by atoms with Gasteiger partial charge in [0.1, 0.15) is 0 Å². The first-order chi connectivity index (χ1) is 10.0. The summed E-state index contributed by atoms with van der Waals surface area (Å²) in [7, 11) is -3.59. The van der Waals surface area contributed by atoms with Crippen molar-refractivity contribution in [2.45, 2.75) is 38.3 Å². The molecule has 1 aliphatic heterocycles. The summed E-state index contributed by atoms with van der Waals surface area (Å²) in [6.45, 7) is 6.85. The largest absolute Gasteiger partial charge is 0.381 e. The van der Waals surface area contributed by atoms with Gasteiger partial charge in [0.25, 0.3) is 10.0 Å². The number of hydrogen-bond acceptors (Lipinski definition) is 5. The molecule has 8 heteroatoms. The van der Waals surface area contributed by atoms with Gasteiger partial charge in [0, 0.05) is 31.0 Å². The summed E-state index contributed by atoms with van der Waals surface area (Å²) in [4.78, 5) is 0. The van der Waals surface area contributed by atoms with Gasteiger partial charge in [-0.2, -0.15) is 5.10 Å². The van der Waals surface area contributed by atoms with Gasteiger partial charge in [0.2, 0.25) is 0 Å². The van der Waals surface area contributed by atoms with E-state index in [9.17, 15) is 8.42 Å². The fourth-order valence-corrected chi connectivity index (χ4v) is 3.68. The number of H-pyrrole nitrogens is 1. The topological polar surface area (TPSA) is 96.1 Å². The highest BCUT2D eigenvalue weighted by atomic mass is 32.2. The smallest absolute Gasteiger partial charge is 0.260 e. The molecule has 0 saturated carbocycles. The van der Waals surface area contributed by atoms with Gasteiger partial charge >= 0.3 is 0 Å². The van der Waals surface area contributed by atoms with Gasteiger partial charge in [-0.15, -0.1) is 0 Å². The highest BCUT2D eigenvalue weighted by molar-refractivity contribution is 7.89. The van der Waals surface area contributed by atoms with Gasteiger partial charge in [-0.25, -0.2) is 13.1 Å². The van der Waals surface area contributed by atoms with Crippen LogP contribution in [0.15, 0.2) is 5.03 Å². The third kappa shape index (κ3) is 4.26. The molecule has 1 aliphatic rings. The molecule has 0 aromatic carbocycles. The Balaban J connectivity index is 2.04. The maximum atomic E-state index is 12.4. The lowest BCUT2D eigenvalue weighted by atomic mass is 10.0. The van der Waals surface area contributed by atoms with Gasteiger partial charge in [0.05, 0.1) is 6.61 Å². The van der Waals surface area contributed by atoms with Crippen LogP contribution >= 0.6 is 0 Å². The second kappa shape index (κ2) is 7.35. The van der Waals surface area contributed by atoms with Crippen LogP contribution in [-0.2, 0) is 21.3 Å². The third-order valence-electron chi connectivity index (χ3n) is 3.66. The van der Waals surface area contributed by atoms with Crippen molar-refractivity contribution in [2.24, 2.45) is 5.92 Å². The van der Waals surface area contributed by atoms with Gasteiger partial charge in [0.15, 0.2) is 5.03 Å². The lowest BCUT2D eigenvalue weighted by molar-refractivity contribution is 0.0568. The van der Waals surface area contributed by atoms with E-state index in [0.717, 1.165) is 31.7 Å². The second-order valence-corrected chi connectivity index (χ2v) is 7.03. The number of aryl methyl sites for hydroxylation is 1. The highest BCUT2D eigenvalue weighted by Gasteiger charge is 2.25. The van der Waals surface area contributed by atoms with Crippen molar-refractivity contribution in [3.05, 3.63) is 11.3 Å². The van der Waals surface area contributed by atoms with Crippen molar-refractivity contribution in [2.75, 3.05) is 26.3 Å². The van der Waals surface area contributed by atoms with Gasteiger partial charge < -0.3 is 10.1 Å². The van der Waals surface area contributed by atoms with Crippen molar-refractivity contribution in [3.8, 4) is 0 Å². The van der Waals surface area contributed by atoms with Crippen LogP contribution in [0.2, 0.25) is 0 Å². The molecule has 120 valence electrons. The molecular weight excluding hydrogens is 292 g/mol. The van der Waals surface area contributed by atoms with Crippen LogP contribution < -0.4 is 10.0 Å². The van der Waals surface area contributed by atoms with Crippen LogP contribution in [0.25, 0.3) is 0 Å². The third-order valence-corrected chi connectivity index (χ3v) is 5.05. The summed E-state index contributed by atoms with van der Waals surface area (Å²) in [5.41, 5.74) is 1.47. The Morgan fingerprint density at radius 2 is 2.29 bits per heavy atom. The number of aromatic nitrogens is 2. The standard InChI is InChI=1S/C13H24N4O3S/c1-3-14-8-12-10(2)16-17-13(12)21(18,19)15-7-11-5-4-6-20-9-11/h11,14-15H,3-9H2,1-2H3,(H,16,17). The quantitative estimate of drug-likeness (QED) is 0.682. The van der Waals surface area contributed by atoms with E-state index in [2.05, 4.69) is 20.2 Å². The zero-order valence-corrected chi connectivity index (χ0v) is 13.4. The summed E-state index contributed by atoms with van der Waals surface area (Å²) in [6.07, 6.45) is 1.98. The predicted molar refractivity (Wildman–Crippen MR) is 79.4 cm³/mol. The summed E-state index contributed by atoms with van der Waals surface area (Å²) < 4.78 is 32.8. The lowest BCUT2D eigenvalue weighted by Crippen LogP contribution is -2.34. The molecule has 21 heavy (non-hydrogen) atoms. The van der Waals surface area contributed by atoms with Crippen LogP contribution in [0.4, 0.5) is 0 Å². The molecular formula is C13H24N4O3S. The second-order valence-electron chi connectivity index (χ2n) is 5.35. The van der Waals surface area contributed by atoms with Gasteiger partial charge in [-0.1, -0.05) is 6.92 Å². The lowest BCUT2D eigenvalue weighted by Gasteiger charge is -2.22. The minimum Gasteiger partial charge on any atom is -0.381 e. The average molecular weight is 316 g/mol. The molecule has 1 aromatic heterocycles. The molecule has 1 atom stereocenters. The molecule has 3 N–H and O–H groups in total. The normalized spacial score (nSPS) is 19.8. The number of rotatable bonds is 7. The first kappa shape index (κ1) is 16.4. The molecule has 0 amide bonds. The summed E-state index contributed by atoms with van der Waals surface area (Å²) >= 11 is 0. The fraction of sp³-hybridized carbons (Fsp3) is 0.769. The van der Waals surface area contributed by atoms with Crippen molar-refractivity contribution < 1.29 is 13.2 Å². The van der Waals surface area contributed by atoms with Gasteiger partial charge in [-0.3, -0.25) is 5.10 Å². The van der Waals surface area contributed by atoms with Crippen molar-refractivity contribution in [1.29, 1.82) is 0 Å². The number of aromatic amines is 1. The minimum atomic E-state index is -3.59. The first-order valence-corrected chi connectivity index (χ1v) is 8.85. The molecule has 0 radical (unpaired) electrons. The van der Waals surface area contributed by atoms with Crippen LogP contribution in [0.3, 0.4) is 0 Å². The van der Waals surface area contributed by atoms with Crippen LogP contribution in [-0.4, -0.2) is 44.9 Å². The van der Waals surface area contributed by atoms with E-state index < -0.39 is 10.0 Å². The van der Waals surface area contributed by atoms with Crippen LogP contribution in [0.1, 0.15) is 31.0 Å². The van der Waals surface area contributed by atoms with Crippen molar-refractivity contribution >= 4 is 10.0 Å². The Hall–Kier alpha value is -0.960. The van der Waals surface area contributed by atoms with Crippen molar-refractivity contribution in [3.63, 3.8) is 0 Å². The average Bonchev–Trinajstić information content (AvgIpc) is 2.86. The Labute approximate surface area is 125 Å². The van der Waals surface area contributed by atoms with E-state index in [1.807, 2.05) is 13.8 Å². The Morgan fingerprint density at radius 1 is 1.48 bits per heavy atom. The van der Waals surface area contributed by atoms with E-state index in [1.165, 1.54) is 0 Å². The monoisotopic (exact) mass is 316 g/mol. The summed E-state index contributed by atoms with van der Waals surface area (Å²) in [5, 5.41) is 9.95. The van der Waals surface area contributed by atoms with E-state index in [1.54, 1.807) is 0 Å². The Kier molecular flexibility index (Phi) is 5.74. The zero-order chi connectivity index (χ0) is 15.3. The number of nitrogens with zero attached hydrogens (tertiary/aromatic N) is 1. The number of sulfonamides is 1. The molecule has 1 fully saturated rings. The molecule has 2 heterocycles. The number of ether oxygens (including phenoxy) is 1.